The van der Waals surface area contributed by atoms with Crippen LogP contribution in [0, 0.1) is 17.0 Å². The van der Waals surface area contributed by atoms with Crippen LogP contribution in [0.25, 0.3) is 0 Å². The first kappa shape index (κ1) is 13.8. The average Bonchev–Trinajstić information content (AvgIpc) is 2.39. The van der Waals surface area contributed by atoms with Crippen LogP contribution in [0.5, 0.6) is 0 Å². The van der Waals surface area contributed by atoms with E-state index < -0.39 is 0 Å². The highest BCUT2D eigenvalue weighted by Crippen LogP contribution is 2.30. The molecule has 1 aromatic rings. The van der Waals surface area contributed by atoms with Crippen molar-refractivity contribution in [2.45, 2.75) is 13.0 Å². The Bertz CT molecular complexity index is 462. The Morgan fingerprint density at radius 3 is 3.05 bits per heavy atom. The number of nitrogens with one attached hydrogen (secondary N) is 1. The van der Waals surface area contributed by atoms with E-state index in [0.29, 0.717) is 25.4 Å². The first-order valence-corrected chi connectivity index (χ1v) is 6.38. The Morgan fingerprint density at radius 1 is 1.58 bits per heavy atom. The number of nitrogens with zero attached hydrogens (tertiary/aromatic N) is 2. The predicted octanol–water partition coefficient (Wildman–Crippen LogP) is 1.33. The fourth-order valence-electron chi connectivity index (χ4n) is 2.33. The summed E-state index contributed by atoms with van der Waals surface area (Å²) >= 11 is 0. The molecule has 1 saturated heterocycles. The number of anilines is 1. The monoisotopic (exact) mass is 265 g/mol. The van der Waals surface area contributed by atoms with Crippen molar-refractivity contribution in [3.63, 3.8) is 0 Å². The van der Waals surface area contributed by atoms with E-state index in [1.165, 1.54) is 0 Å². The van der Waals surface area contributed by atoms with Gasteiger partial charge in [-0.05, 0) is 25.6 Å². The van der Waals surface area contributed by atoms with Crippen LogP contribution in [-0.4, -0.2) is 44.3 Å². The predicted molar refractivity (Wildman–Crippen MR) is 73.7 cm³/mol. The van der Waals surface area contributed by atoms with Crippen molar-refractivity contribution in [2.24, 2.45) is 0 Å². The average molecular weight is 265 g/mol. The molecule has 0 aliphatic carbocycles. The van der Waals surface area contributed by atoms with Gasteiger partial charge in [-0.1, -0.05) is 6.07 Å². The van der Waals surface area contributed by atoms with Gasteiger partial charge < -0.3 is 15.0 Å². The molecule has 1 N–H and O–H groups in total. The zero-order valence-corrected chi connectivity index (χ0v) is 11.3. The third-order valence-corrected chi connectivity index (χ3v) is 3.24. The Balaban J connectivity index is 2.24. The SMILES string of the molecule is CNCC1CN(c2cc(C)ccc2[N+](=O)[O-])CCO1. The van der Waals surface area contributed by atoms with Gasteiger partial charge in [-0.3, -0.25) is 10.1 Å². The molecule has 19 heavy (non-hydrogen) atoms. The maximum absolute atomic E-state index is 11.1. The lowest BCUT2D eigenvalue weighted by Crippen LogP contribution is -2.46. The largest absolute Gasteiger partial charge is 0.373 e. The Labute approximate surface area is 112 Å². The van der Waals surface area contributed by atoms with Crippen molar-refractivity contribution < 1.29 is 9.66 Å². The normalized spacial score (nSPS) is 19.5. The number of aryl methyl sites for hydroxylation is 1. The highest BCUT2D eigenvalue weighted by Gasteiger charge is 2.25. The van der Waals surface area contributed by atoms with E-state index in [1.807, 2.05) is 24.9 Å². The van der Waals surface area contributed by atoms with Gasteiger partial charge in [0.05, 0.1) is 17.6 Å². The minimum atomic E-state index is -0.322. The summed E-state index contributed by atoms with van der Waals surface area (Å²) in [5.41, 5.74) is 1.88. The van der Waals surface area contributed by atoms with Gasteiger partial charge in [-0.15, -0.1) is 0 Å². The Hall–Kier alpha value is -1.66. The summed E-state index contributed by atoms with van der Waals surface area (Å²) in [6.45, 7) is 4.64. The molecule has 0 aromatic heterocycles. The molecule has 0 radical (unpaired) electrons. The van der Waals surface area contributed by atoms with Crippen LogP contribution in [0.1, 0.15) is 5.56 Å². The van der Waals surface area contributed by atoms with Crippen LogP contribution in [0.4, 0.5) is 11.4 Å². The highest BCUT2D eigenvalue weighted by atomic mass is 16.6. The lowest BCUT2D eigenvalue weighted by Gasteiger charge is -2.34. The zero-order valence-electron chi connectivity index (χ0n) is 11.3. The van der Waals surface area contributed by atoms with Crippen LogP contribution in [-0.2, 0) is 4.74 Å². The molecule has 1 atom stereocenters. The lowest BCUT2D eigenvalue weighted by molar-refractivity contribution is -0.384. The molecule has 6 heteroatoms. The molecular weight excluding hydrogens is 246 g/mol. The molecule has 0 spiro atoms. The van der Waals surface area contributed by atoms with E-state index in [0.717, 1.165) is 12.1 Å². The maximum Gasteiger partial charge on any atom is 0.292 e. The van der Waals surface area contributed by atoms with Crippen LogP contribution in [0.3, 0.4) is 0 Å². The topological polar surface area (TPSA) is 67.6 Å². The number of nitro benzene ring substituents is 1. The quantitative estimate of drug-likeness (QED) is 0.657. The number of hydrogen-bond donors (Lipinski definition) is 1. The second-order valence-corrected chi connectivity index (χ2v) is 4.75. The van der Waals surface area contributed by atoms with Gasteiger partial charge in [-0.25, -0.2) is 0 Å². The number of likely N-dealkylation sites (N-methyl/N-ethyl adjacent to an activating group) is 1. The molecular formula is C13H19N3O3. The molecule has 0 bridgehead atoms. The number of ether oxygens (including phenoxy) is 1. The van der Waals surface area contributed by atoms with Crippen LogP contribution in [0.15, 0.2) is 18.2 Å². The summed E-state index contributed by atoms with van der Waals surface area (Å²) in [6.07, 6.45) is 0.0684. The van der Waals surface area contributed by atoms with E-state index in [2.05, 4.69) is 5.32 Å². The molecule has 0 saturated carbocycles. The van der Waals surface area contributed by atoms with Gasteiger partial charge in [0.15, 0.2) is 0 Å². The fraction of sp³-hybridized carbons (Fsp3) is 0.538. The van der Waals surface area contributed by atoms with Gasteiger partial charge in [0.1, 0.15) is 5.69 Å². The minimum Gasteiger partial charge on any atom is -0.373 e. The van der Waals surface area contributed by atoms with Crippen molar-refractivity contribution >= 4 is 11.4 Å². The summed E-state index contributed by atoms with van der Waals surface area (Å²) in [4.78, 5) is 12.8. The minimum absolute atomic E-state index is 0.0684. The molecule has 0 amide bonds. The summed E-state index contributed by atoms with van der Waals surface area (Å²) in [7, 11) is 1.87. The van der Waals surface area contributed by atoms with Gasteiger partial charge in [0.25, 0.3) is 5.69 Å². The highest BCUT2D eigenvalue weighted by molar-refractivity contribution is 5.64. The molecule has 1 unspecified atom stereocenters. The summed E-state index contributed by atoms with van der Waals surface area (Å²) < 4.78 is 5.63. The van der Waals surface area contributed by atoms with E-state index in [1.54, 1.807) is 12.1 Å². The van der Waals surface area contributed by atoms with Gasteiger partial charge in [0, 0.05) is 25.7 Å². The zero-order chi connectivity index (χ0) is 13.8. The molecule has 104 valence electrons. The number of rotatable bonds is 4. The van der Waals surface area contributed by atoms with Gasteiger partial charge >= 0.3 is 0 Å². The third-order valence-electron chi connectivity index (χ3n) is 3.24. The van der Waals surface area contributed by atoms with Crippen LogP contribution < -0.4 is 10.2 Å². The number of benzene rings is 1. The first-order chi connectivity index (χ1) is 9.11. The molecule has 6 nitrogen and oxygen atoms in total. The van der Waals surface area contributed by atoms with E-state index in [9.17, 15) is 10.1 Å². The molecule has 2 rings (SSSR count). The molecule has 1 aliphatic heterocycles. The second kappa shape index (κ2) is 5.99. The summed E-state index contributed by atoms with van der Waals surface area (Å²) in [5, 5.41) is 14.2. The van der Waals surface area contributed by atoms with Crippen LogP contribution >= 0.6 is 0 Å². The summed E-state index contributed by atoms with van der Waals surface area (Å²) in [6, 6.07) is 5.22. The fourth-order valence-corrected chi connectivity index (χ4v) is 2.33. The standard InChI is InChI=1S/C13H19N3O3/c1-10-3-4-12(16(17)18)13(7-10)15-5-6-19-11(9-15)8-14-2/h3-4,7,11,14H,5-6,8-9H2,1-2H3. The Kier molecular flexibility index (Phi) is 4.34. The van der Waals surface area contributed by atoms with Crippen molar-refractivity contribution in [3.05, 3.63) is 33.9 Å². The smallest absolute Gasteiger partial charge is 0.292 e. The molecule has 1 aromatic carbocycles. The van der Waals surface area contributed by atoms with E-state index in [4.69, 9.17) is 4.74 Å². The van der Waals surface area contributed by atoms with Crippen molar-refractivity contribution in [1.29, 1.82) is 0 Å². The molecule has 1 fully saturated rings. The number of nitro groups is 1. The third kappa shape index (κ3) is 3.21. The van der Waals surface area contributed by atoms with Gasteiger partial charge in [0.2, 0.25) is 0 Å². The number of morpholine rings is 1. The van der Waals surface area contributed by atoms with E-state index in [-0.39, 0.29) is 16.7 Å². The van der Waals surface area contributed by atoms with E-state index >= 15 is 0 Å². The number of hydrogen-bond acceptors (Lipinski definition) is 5. The summed E-state index contributed by atoms with van der Waals surface area (Å²) in [5.74, 6) is 0. The maximum atomic E-state index is 11.1. The van der Waals surface area contributed by atoms with Gasteiger partial charge in [-0.2, -0.15) is 0 Å². The van der Waals surface area contributed by atoms with Crippen molar-refractivity contribution in [3.8, 4) is 0 Å². The first-order valence-electron chi connectivity index (χ1n) is 6.38. The molecule has 1 heterocycles. The van der Waals surface area contributed by atoms with Crippen molar-refractivity contribution in [1.82, 2.24) is 5.32 Å². The molecule has 1 aliphatic rings. The Morgan fingerprint density at radius 2 is 2.37 bits per heavy atom. The van der Waals surface area contributed by atoms with Crippen LogP contribution in [0.2, 0.25) is 0 Å². The lowest BCUT2D eigenvalue weighted by atomic mass is 10.1. The van der Waals surface area contributed by atoms with Crippen molar-refractivity contribution in [2.75, 3.05) is 38.2 Å². The second-order valence-electron chi connectivity index (χ2n) is 4.75.